The standard InChI is InChI=1S/C24H35N3O2/c1-18(2)23(28)26-15-10-22(11-16-26)25-12-8-20(9-13-25)24(29)27-14-7-19-5-3-4-6-21(19)17-27/h3-6,18,20,22H,7-17H2,1-2H3. The Morgan fingerprint density at radius 1 is 0.862 bits per heavy atom. The highest BCUT2D eigenvalue weighted by atomic mass is 16.2. The molecule has 5 heteroatoms. The number of piperidine rings is 2. The van der Waals surface area contributed by atoms with E-state index in [0.29, 0.717) is 11.9 Å². The number of amides is 2. The molecule has 0 unspecified atom stereocenters. The highest BCUT2D eigenvalue weighted by molar-refractivity contribution is 5.79. The average molecular weight is 398 g/mol. The van der Waals surface area contributed by atoms with E-state index in [1.165, 1.54) is 11.1 Å². The van der Waals surface area contributed by atoms with Gasteiger partial charge in [0.2, 0.25) is 11.8 Å². The number of carbonyl (C=O) groups is 2. The lowest BCUT2D eigenvalue weighted by molar-refractivity contribution is -0.139. The third kappa shape index (κ3) is 4.50. The Hall–Kier alpha value is -1.88. The normalized spacial score (nSPS) is 22.0. The molecule has 4 rings (SSSR count). The molecule has 5 nitrogen and oxygen atoms in total. The molecule has 0 radical (unpaired) electrons. The van der Waals surface area contributed by atoms with Crippen molar-refractivity contribution < 1.29 is 9.59 Å². The van der Waals surface area contributed by atoms with Crippen molar-refractivity contribution in [3.8, 4) is 0 Å². The fourth-order valence-electron chi connectivity index (χ4n) is 5.27. The van der Waals surface area contributed by atoms with E-state index in [1.807, 2.05) is 18.7 Å². The van der Waals surface area contributed by atoms with Crippen molar-refractivity contribution >= 4 is 11.8 Å². The number of nitrogens with zero attached hydrogens (tertiary/aromatic N) is 3. The zero-order valence-corrected chi connectivity index (χ0v) is 18.0. The molecular weight excluding hydrogens is 362 g/mol. The summed E-state index contributed by atoms with van der Waals surface area (Å²) in [4.78, 5) is 32.0. The molecule has 1 aromatic carbocycles. The molecule has 0 aliphatic carbocycles. The lowest BCUT2D eigenvalue weighted by atomic mass is 9.91. The summed E-state index contributed by atoms with van der Waals surface area (Å²) < 4.78 is 0. The molecule has 2 fully saturated rings. The number of rotatable bonds is 3. The summed E-state index contributed by atoms with van der Waals surface area (Å²) in [7, 11) is 0. The van der Waals surface area contributed by atoms with Crippen LogP contribution in [0.3, 0.4) is 0 Å². The Labute approximate surface area is 175 Å². The van der Waals surface area contributed by atoms with Gasteiger partial charge in [0, 0.05) is 44.1 Å². The van der Waals surface area contributed by atoms with Crippen LogP contribution in [0.25, 0.3) is 0 Å². The van der Waals surface area contributed by atoms with E-state index in [4.69, 9.17) is 0 Å². The summed E-state index contributed by atoms with van der Waals surface area (Å²) in [5.41, 5.74) is 2.71. The first-order chi connectivity index (χ1) is 14.0. The molecule has 158 valence electrons. The first kappa shape index (κ1) is 20.4. The van der Waals surface area contributed by atoms with Crippen LogP contribution in [0.15, 0.2) is 24.3 Å². The molecular formula is C24H35N3O2. The number of fused-ring (bicyclic) bond motifs is 1. The highest BCUT2D eigenvalue weighted by Gasteiger charge is 2.34. The third-order valence-corrected chi connectivity index (χ3v) is 7.11. The lowest BCUT2D eigenvalue weighted by Crippen LogP contribution is -2.51. The molecule has 0 N–H and O–H groups in total. The van der Waals surface area contributed by atoms with Crippen LogP contribution in [0.2, 0.25) is 0 Å². The van der Waals surface area contributed by atoms with E-state index in [0.717, 1.165) is 71.4 Å². The zero-order chi connectivity index (χ0) is 20.4. The maximum absolute atomic E-state index is 13.1. The van der Waals surface area contributed by atoms with Crippen molar-refractivity contribution in [2.45, 2.75) is 58.5 Å². The molecule has 0 spiro atoms. The van der Waals surface area contributed by atoms with Crippen LogP contribution in [0.1, 0.15) is 50.7 Å². The Morgan fingerprint density at radius 3 is 2.17 bits per heavy atom. The second kappa shape index (κ2) is 8.86. The molecule has 0 atom stereocenters. The third-order valence-electron chi connectivity index (χ3n) is 7.11. The monoisotopic (exact) mass is 397 g/mol. The van der Waals surface area contributed by atoms with Crippen molar-refractivity contribution in [1.29, 1.82) is 0 Å². The Morgan fingerprint density at radius 2 is 1.52 bits per heavy atom. The zero-order valence-electron chi connectivity index (χ0n) is 18.0. The van der Waals surface area contributed by atoms with Gasteiger partial charge in [-0.15, -0.1) is 0 Å². The van der Waals surface area contributed by atoms with E-state index >= 15 is 0 Å². The van der Waals surface area contributed by atoms with Crippen LogP contribution < -0.4 is 0 Å². The Balaban J connectivity index is 1.25. The lowest BCUT2D eigenvalue weighted by Gasteiger charge is -2.42. The number of likely N-dealkylation sites (tertiary alicyclic amines) is 2. The van der Waals surface area contributed by atoms with Gasteiger partial charge in [0.15, 0.2) is 0 Å². The SMILES string of the molecule is CC(C)C(=O)N1CCC(N2CCC(C(=O)N3CCc4ccccc4C3)CC2)CC1. The number of hydrogen-bond donors (Lipinski definition) is 0. The highest BCUT2D eigenvalue weighted by Crippen LogP contribution is 2.27. The predicted octanol–water partition coefficient (Wildman–Crippen LogP) is 2.93. The van der Waals surface area contributed by atoms with Gasteiger partial charge in [0.1, 0.15) is 0 Å². The Bertz CT molecular complexity index is 731. The summed E-state index contributed by atoms with van der Waals surface area (Å²) in [6.45, 7) is 9.40. The van der Waals surface area contributed by atoms with Gasteiger partial charge in [-0.25, -0.2) is 0 Å². The smallest absolute Gasteiger partial charge is 0.226 e. The summed E-state index contributed by atoms with van der Waals surface area (Å²) in [5.74, 6) is 0.918. The molecule has 2 saturated heterocycles. The van der Waals surface area contributed by atoms with Gasteiger partial charge in [-0.05, 0) is 56.3 Å². The second-order valence-corrected chi connectivity index (χ2v) is 9.30. The van der Waals surface area contributed by atoms with Gasteiger partial charge in [0.05, 0.1) is 0 Å². The van der Waals surface area contributed by atoms with Crippen LogP contribution in [-0.2, 0) is 22.6 Å². The maximum Gasteiger partial charge on any atom is 0.226 e. The number of benzene rings is 1. The van der Waals surface area contributed by atoms with E-state index < -0.39 is 0 Å². The molecule has 3 heterocycles. The first-order valence-electron chi connectivity index (χ1n) is 11.4. The Kier molecular flexibility index (Phi) is 6.23. The van der Waals surface area contributed by atoms with Gasteiger partial charge in [-0.3, -0.25) is 9.59 Å². The largest absolute Gasteiger partial charge is 0.342 e. The molecule has 0 saturated carbocycles. The molecule has 29 heavy (non-hydrogen) atoms. The first-order valence-corrected chi connectivity index (χ1v) is 11.4. The molecule has 2 amide bonds. The van der Waals surface area contributed by atoms with Gasteiger partial charge in [-0.1, -0.05) is 38.1 Å². The predicted molar refractivity (Wildman–Crippen MR) is 114 cm³/mol. The molecule has 3 aliphatic rings. The maximum atomic E-state index is 13.1. The van der Waals surface area contributed by atoms with E-state index in [2.05, 4.69) is 34.1 Å². The fraction of sp³-hybridized carbons (Fsp3) is 0.667. The average Bonchev–Trinajstić information content (AvgIpc) is 2.78. The van der Waals surface area contributed by atoms with Gasteiger partial charge < -0.3 is 14.7 Å². The van der Waals surface area contributed by atoms with E-state index in [-0.39, 0.29) is 17.7 Å². The summed E-state index contributed by atoms with van der Waals surface area (Å²) in [6, 6.07) is 9.09. The molecule has 0 bridgehead atoms. The van der Waals surface area contributed by atoms with Crippen LogP contribution in [0.5, 0.6) is 0 Å². The van der Waals surface area contributed by atoms with Crippen molar-refractivity contribution in [2.75, 3.05) is 32.7 Å². The van der Waals surface area contributed by atoms with Crippen LogP contribution >= 0.6 is 0 Å². The number of hydrogen-bond acceptors (Lipinski definition) is 3. The summed E-state index contributed by atoms with van der Waals surface area (Å²) in [5, 5.41) is 0. The minimum atomic E-state index is 0.0926. The second-order valence-electron chi connectivity index (χ2n) is 9.30. The quantitative estimate of drug-likeness (QED) is 0.788. The van der Waals surface area contributed by atoms with Gasteiger partial charge in [-0.2, -0.15) is 0 Å². The molecule has 1 aromatic rings. The topological polar surface area (TPSA) is 43.9 Å². The van der Waals surface area contributed by atoms with Crippen LogP contribution in [-0.4, -0.2) is 65.3 Å². The van der Waals surface area contributed by atoms with Crippen LogP contribution in [0, 0.1) is 11.8 Å². The summed E-state index contributed by atoms with van der Waals surface area (Å²) in [6.07, 6.45) is 5.07. The van der Waals surface area contributed by atoms with Gasteiger partial charge in [0.25, 0.3) is 0 Å². The van der Waals surface area contributed by atoms with Crippen molar-refractivity contribution in [3.05, 3.63) is 35.4 Å². The molecule has 3 aliphatic heterocycles. The van der Waals surface area contributed by atoms with E-state index in [1.54, 1.807) is 0 Å². The fourth-order valence-corrected chi connectivity index (χ4v) is 5.27. The van der Waals surface area contributed by atoms with Crippen molar-refractivity contribution in [1.82, 2.24) is 14.7 Å². The number of carbonyl (C=O) groups excluding carboxylic acids is 2. The minimum Gasteiger partial charge on any atom is -0.342 e. The van der Waals surface area contributed by atoms with Crippen molar-refractivity contribution in [3.63, 3.8) is 0 Å². The summed E-state index contributed by atoms with van der Waals surface area (Å²) >= 11 is 0. The minimum absolute atomic E-state index is 0.0926. The van der Waals surface area contributed by atoms with Crippen LogP contribution in [0.4, 0.5) is 0 Å². The van der Waals surface area contributed by atoms with E-state index in [9.17, 15) is 9.59 Å². The molecule has 0 aromatic heterocycles. The van der Waals surface area contributed by atoms with Crippen molar-refractivity contribution in [2.24, 2.45) is 11.8 Å². The van der Waals surface area contributed by atoms with Gasteiger partial charge >= 0.3 is 0 Å².